The quantitative estimate of drug-likeness (QED) is 0.805. The normalized spacial score (nSPS) is 14.2. The molecule has 2 aromatic carbocycles. The summed E-state index contributed by atoms with van der Waals surface area (Å²) in [4.78, 5) is 2.33. The predicted octanol–water partition coefficient (Wildman–Crippen LogP) is 2.75. The van der Waals surface area contributed by atoms with Crippen molar-refractivity contribution in [3.63, 3.8) is 0 Å². The van der Waals surface area contributed by atoms with Crippen molar-refractivity contribution in [2.45, 2.75) is 12.8 Å². The number of nitrogen functional groups attached to an aromatic ring is 1. The third kappa shape index (κ3) is 2.33. The second kappa shape index (κ2) is 5.26. The zero-order chi connectivity index (χ0) is 13.9. The highest BCUT2D eigenvalue weighted by molar-refractivity contribution is 5.63. The van der Waals surface area contributed by atoms with Crippen molar-refractivity contribution >= 4 is 11.4 Å². The Morgan fingerprint density at radius 1 is 1.00 bits per heavy atom. The first-order valence-electron chi connectivity index (χ1n) is 6.89. The molecule has 0 saturated carbocycles. The summed E-state index contributed by atoms with van der Waals surface area (Å²) in [7, 11) is 0. The fraction of sp³-hybridized carbons (Fsp3) is 0.235. The van der Waals surface area contributed by atoms with E-state index in [4.69, 9.17) is 11.0 Å². The number of benzene rings is 2. The minimum Gasteiger partial charge on any atom is -0.398 e. The van der Waals surface area contributed by atoms with E-state index >= 15 is 0 Å². The average Bonchev–Trinajstić information content (AvgIpc) is 2.70. The van der Waals surface area contributed by atoms with E-state index in [1.165, 1.54) is 11.1 Å². The molecule has 0 aliphatic carbocycles. The molecule has 2 N–H and O–H groups in total. The van der Waals surface area contributed by atoms with Gasteiger partial charge >= 0.3 is 0 Å². The van der Waals surface area contributed by atoms with Crippen LogP contribution in [-0.4, -0.2) is 13.1 Å². The molecule has 20 heavy (non-hydrogen) atoms. The van der Waals surface area contributed by atoms with E-state index in [2.05, 4.69) is 35.2 Å². The third-order valence-electron chi connectivity index (χ3n) is 3.94. The van der Waals surface area contributed by atoms with Crippen LogP contribution in [0.1, 0.15) is 16.7 Å². The average molecular weight is 263 g/mol. The topological polar surface area (TPSA) is 53.0 Å². The van der Waals surface area contributed by atoms with Crippen LogP contribution in [0.25, 0.3) is 0 Å². The van der Waals surface area contributed by atoms with Gasteiger partial charge in [-0.3, -0.25) is 0 Å². The summed E-state index contributed by atoms with van der Waals surface area (Å²) in [5.41, 5.74) is 10.9. The highest BCUT2D eigenvalue weighted by Gasteiger charge is 2.14. The molecule has 1 heterocycles. The molecule has 0 saturated heterocycles. The zero-order valence-corrected chi connectivity index (χ0v) is 11.3. The number of rotatable bonds is 1. The van der Waals surface area contributed by atoms with Crippen LogP contribution in [0.3, 0.4) is 0 Å². The van der Waals surface area contributed by atoms with E-state index in [1.54, 1.807) is 0 Å². The number of hydrogen-bond donors (Lipinski definition) is 1. The molecule has 0 unspecified atom stereocenters. The highest BCUT2D eigenvalue weighted by Crippen LogP contribution is 2.24. The van der Waals surface area contributed by atoms with Crippen molar-refractivity contribution in [1.29, 1.82) is 5.26 Å². The second-order valence-electron chi connectivity index (χ2n) is 5.14. The molecule has 0 spiro atoms. The van der Waals surface area contributed by atoms with Crippen LogP contribution in [0, 0.1) is 11.3 Å². The summed E-state index contributed by atoms with van der Waals surface area (Å²) in [6, 6.07) is 16.5. The van der Waals surface area contributed by atoms with Crippen LogP contribution in [-0.2, 0) is 12.8 Å². The molecule has 0 radical (unpaired) electrons. The lowest BCUT2D eigenvalue weighted by Crippen LogP contribution is -2.26. The van der Waals surface area contributed by atoms with Gasteiger partial charge in [0.1, 0.15) is 6.07 Å². The van der Waals surface area contributed by atoms with Gasteiger partial charge in [0.15, 0.2) is 0 Å². The van der Waals surface area contributed by atoms with Gasteiger partial charge in [0.05, 0.1) is 5.56 Å². The Hall–Kier alpha value is -2.47. The van der Waals surface area contributed by atoms with Gasteiger partial charge in [0, 0.05) is 24.5 Å². The van der Waals surface area contributed by atoms with Crippen LogP contribution < -0.4 is 10.6 Å². The molecule has 3 nitrogen and oxygen atoms in total. The van der Waals surface area contributed by atoms with E-state index in [-0.39, 0.29) is 0 Å². The van der Waals surface area contributed by atoms with Crippen LogP contribution in [0.4, 0.5) is 11.4 Å². The van der Waals surface area contributed by atoms with Crippen molar-refractivity contribution in [2.75, 3.05) is 23.7 Å². The lowest BCUT2D eigenvalue weighted by Gasteiger charge is -2.23. The minimum absolute atomic E-state index is 0.550. The molecular formula is C17H17N3. The Bertz CT molecular complexity index is 643. The number of fused-ring (bicyclic) bond motifs is 1. The smallest absolute Gasteiger partial charge is 0.101 e. The molecule has 2 aromatic rings. The fourth-order valence-electron chi connectivity index (χ4n) is 2.76. The zero-order valence-electron chi connectivity index (χ0n) is 11.3. The summed E-state index contributed by atoms with van der Waals surface area (Å²) >= 11 is 0. The van der Waals surface area contributed by atoms with Crippen LogP contribution in [0.2, 0.25) is 0 Å². The maximum Gasteiger partial charge on any atom is 0.101 e. The van der Waals surface area contributed by atoms with Gasteiger partial charge < -0.3 is 10.6 Å². The molecule has 3 heteroatoms. The summed E-state index contributed by atoms with van der Waals surface area (Å²) in [6.07, 6.45) is 2.09. The van der Waals surface area contributed by atoms with E-state index < -0.39 is 0 Å². The largest absolute Gasteiger partial charge is 0.398 e. The first kappa shape index (κ1) is 12.6. The van der Waals surface area contributed by atoms with Crippen LogP contribution in [0.5, 0.6) is 0 Å². The van der Waals surface area contributed by atoms with Gasteiger partial charge in [-0.15, -0.1) is 0 Å². The Kier molecular flexibility index (Phi) is 3.30. The number of nitrogens with zero attached hydrogens (tertiary/aromatic N) is 2. The van der Waals surface area contributed by atoms with E-state index in [9.17, 15) is 0 Å². The molecule has 100 valence electrons. The van der Waals surface area contributed by atoms with Crippen molar-refractivity contribution in [3.05, 3.63) is 59.2 Å². The predicted molar refractivity (Wildman–Crippen MR) is 81.6 cm³/mol. The van der Waals surface area contributed by atoms with Crippen molar-refractivity contribution < 1.29 is 0 Å². The molecular weight excluding hydrogens is 246 g/mol. The molecule has 3 rings (SSSR count). The van der Waals surface area contributed by atoms with E-state index in [1.807, 2.05) is 18.2 Å². The maximum absolute atomic E-state index is 9.09. The first-order valence-corrected chi connectivity index (χ1v) is 6.89. The molecule has 0 aromatic heterocycles. The van der Waals surface area contributed by atoms with Gasteiger partial charge in [0.2, 0.25) is 0 Å². The molecule has 0 amide bonds. The SMILES string of the molecule is N#Cc1cc(N2CCc3ccccc3CC2)ccc1N. The lowest BCUT2D eigenvalue weighted by molar-refractivity contribution is 0.806. The Morgan fingerprint density at radius 3 is 2.25 bits per heavy atom. The van der Waals surface area contributed by atoms with E-state index in [0.29, 0.717) is 11.3 Å². The Balaban J connectivity index is 1.85. The van der Waals surface area contributed by atoms with Gasteiger partial charge in [-0.1, -0.05) is 24.3 Å². The molecule has 1 aliphatic heterocycles. The highest BCUT2D eigenvalue weighted by atomic mass is 15.1. The number of anilines is 2. The molecule has 0 atom stereocenters. The van der Waals surface area contributed by atoms with Crippen LogP contribution >= 0.6 is 0 Å². The van der Waals surface area contributed by atoms with Crippen LogP contribution in [0.15, 0.2) is 42.5 Å². The number of nitriles is 1. The number of hydrogen-bond acceptors (Lipinski definition) is 3. The molecule has 0 bridgehead atoms. The standard InChI is InChI=1S/C17H17N3/c18-12-15-11-16(5-6-17(15)19)20-9-7-13-3-1-2-4-14(13)8-10-20/h1-6,11H,7-10,19H2. The third-order valence-corrected chi connectivity index (χ3v) is 3.94. The van der Waals surface area contributed by atoms with Crippen molar-refractivity contribution in [1.82, 2.24) is 0 Å². The Morgan fingerprint density at radius 2 is 1.65 bits per heavy atom. The summed E-state index contributed by atoms with van der Waals surface area (Å²) in [6.45, 7) is 1.96. The maximum atomic E-state index is 9.09. The molecule has 1 aliphatic rings. The van der Waals surface area contributed by atoms with Gasteiger partial charge in [-0.2, -0.15) is 5.26 Å². The van der Waals surface area contributed by atoms with Gasteiger partial charge in [-0.05, 0) is 42.2 Å². The molecule has 0 fully saturated rings. The summed E-state index contributed by atoms with van der Waals surface area (Å²) in [5.74, 6) is 0. The van der Waals surface area contributed by atoms with E-state index in [0.717, 1.165) is 31.6 Å². The second-order valence-corrected chi connectivity index (χ2v) is 5.14. The van der Waals surface area contributed by atoms with Gasteiger partial charge in [0.25, 0.3) is 0 Å². The monoisotopic (exact) mass is 263 g/mol. The Labute approximate surface area is 119 Å². The first-order chi connectivity index (χ1) is 9.78. The fourth-order valence-corrected chi connectivity index (χ4v) is 2.76. The van der Waals surface area contributed by atoms with Gasteiger partial charge in [-0.25, -0.2) is 0 Å². The van der Waals surface area contributed by atoms with Crippen molar-refractivity contribution in [3.8, 4) is 6.07 Å². The minimum atomic E-state index is 0.550. The summed E-state index contributed by atoms with van der Waals surface area (Å²) in [5, 5.41) is 9.09. The van der Waals surface area contributed by atoms with Crippen molar-refractivity contribution in [2.24, 2.45) is 0 Å². The lowest BCUT2D eigenvalue weighted by atomic mass is 10.0. The number of nitrogens with two attached hydrogens (primary N) is 1. The summed E-state index contributed by atoms with van der Waals surface area (Å²) < 4.78 is 0.